The molecule has 1 atom stereocenters. The van der Waals surface area contributed by atoms with Crippen LogP contribution in [0.2, 0.25) is 0 Å². The van der Waals surface area contributed by atoms with Gasteiger partial charge in [-0.15, -0.1) is 0 Å². The molecule has 0 amide bonds. The lowest BCUT2D eigenvalue weighted by Gasteiger charge is -2.25. The first-order chi connectivity index (χ1) is 8.05. The molecule has 1 heterocycles. The molecule has 0 aromatic heterocycles. The maximum Gasteiger partial charge on any atom is 0.270 e. The Labute approximate surface area is 100 Å². The molecule has 17 heavy (non-hydrogen) atoms. The number of halogens is 2. The molecule has 0 radical (unpaired) electrons. The van der Waals surface area contributed by atoms with Crippen LogP contribution in [0.4, 0.5) is 14.5 Å². The number of alkyl halides is 2. The van der Waals surface area contributed by atoms with Crippen LogP contribution in [0.25, 0.3) is 0 Å². The van der Waals surface area contributed by atoms with E-state index in [9.17, 15) is 8.78 Å². The maximum atomic E-state index is 13.0. The van der Waals surface area contributed by atoms with E-state index in [4.69, 9.17) is 0 Å². The molecule has 94 valence electrons. The number of benzene rings is 1. The van der Waals surface area contributed by atoms with E-state index in [0.717, 1.165) is 38.5 Å². The third-order valence-electron chi connectivity index (χ3n) is 3.06. The van der Waals surface area contributed by atoms with E-state index in [2.05, 4.69) is 10.6 Å². The van der Waals surface area contributed by atoms with E-state index in [0.29, 0.717) is 6.04 Å². The summed E-state index contributed by atoms with van der Waals surface area (Å²) in [7, 11) is 0. The quantitative estimate of drug-likeness (QED) is 0.848. The highest BCUT2D eigenvalue weighted by molar-refractivity contribution is 5.46. The smallest absolute Gasteiger partial charge is 0.270 e. The Balaban J connectivity index is 1.98. The second-order valence-corrected chi connectivity index (χ2v) is 4.65. The van der Waals surface area contributed by atoms with E-state index in [1.165, 1.54) is 12.1 Å². The van der Waals surface area contributed by atoms with Gasteiger partial charge in [0, 0.05) is 30.8 Å². The molecular formula is C13H18F2N2. The normalized spacial score (nSPS) is 21.2. The van der Waals surface area contributed by atoms with Crippen LogP contribution in [-0.4, -0.2) is 19.1 Å². The lowest BCUT2D eigenvalue weighted by molar-refractivity contribution is 0.0175. The van der Waals surface area contributed by atoms with Gasteiger partial charge in [0.2, 0.25) is 0 Å². The van der Waals surface area contributed by atoms with Gasteiger partial charge in [-0.05, 0) is 31.5 Å². The molecule has 1 aliphatic heterocycles. The fraction of sp³-hybridized carbons (Fsp3) is 0.538. The van der Waals surface area contributed by atoms with Crippen molar-refractivity contribution in [3.63, 3.8) is 0 Å². The van der Waals surface area contributed by atoms with Gasteiger partial charge in [0.1, 0.15) is 0 Å². The van der Waals surface area contributed by atoms with Crippen LogP contribution in [0.15, 0.2) is 24.3 Å². The highest BCUT2D eigenvalue weighted by Gasteiger charge is 2.23. The highest BCUT2D eigenvalue weighted by Crippen LogP contribution is 2.27. The minimum absolute atomic E-state index is 0.0600. The third kappa shape index (κ3) is 3.40. The SMILES string of the molecule is CC(F)(F)c1ccc(NC2CCCNC2)cc1. The zero-order valence-electron chi connectivity index (χ0n) is 9.97. The summed E-state index contributed by atoms with van der Waals surface area (Å²) in [4.78, 5) is 0. The van der Waals surface area contributed by atoms with Crippen molar-refractivity contribution in [1.29, 1.82) is 0 Å². The number of anilines is 1. The van der Waals surface area contributed by atoms with E-state index in [1.807, 2.05) is 0 Å². The molecular weight excluding hydrogens is 222 g/mol. The number of nitrogens with one attached hydrogen (secondary N) is 2. The summed E-state index contributed by atoms with van der Waals surface area (Å²) in [5.74, 6) is -2.76. The van der Waals surface area contributed by atoms with Gasteiger partial charge in [0.25, 0.3) is 5.92 Å². The lowest BCUT2D eigenvalue weighted by Crippen LogP contribution is -2.38. The molecule has 0 spiro atoms. The van der Waals surface area contributed by atoms with Gasteiger partial charge in [-0.1, -0.05) is 12.1 Å². The number of hydrogen-bond acceptors (Lipinski definition) is 2. The molecule has 0 saturated carbocycles. The summed E-state index contributed by atoms with van der Waals surface area (Å²) in [5.41, 5.74) is 0.969. The average Bonchev–Trinajstić information content (AvgIpc) is 2.30. The fourth-order valence-corrected chi connectivity index (χ4v) is 2.07. The minimum Gasteiger partial charge on any atom is -0.381 e. The minimum atomic E-state index is -2.76. The van der Waals surface area contributed by atoms with Gasteiger partial charge in [-0.25, -0.2) is 8.78 Å². The maximum absolute atomic E-state index is 13.0. The summed E-state index contributed by atoms with van der Waals surface area (Å²) in [5, 5.41) is 6.66. The summed E-state index contributed by atoms with van der Waals surface area (Å²) < 4.78 is 26.0. The Morgan fingerprint density at radius 3 is 2.53 bits per heavy atom. The van der Waals surface area contributed by atoms with Crippen LogP contribution < -0.4 is 10.6 Å². The first-order valence-electron chi connectivity index (χ1n) is 6.01. The monoisotopic (exact) mass is 240 g/mol. The van der Waals surface area contributed by atoms with Crippen molar-refractivity contribution >= 4 is 5.69 Å². The largest absolute Gasteiger partial charge is 0.381 e. The Morgan fingerprint density at radius 2 is 2.00 bits per heavy atom. The second kappa shape index (κ2) is 5.00. The Hall–Kier alpha value is -1.16. The molecule has 1 unspecified atom stereocenters. The van der Waals surface area contributed by atoms with Crippen molar-refractivity contribution in [3.05, 3.63) is 29.8 Å². The Kier molecular flexibility index (Phi) is 3.62. The van der Waals surface area contributed by atoms with Crippen molar-refractivity contribution in [3.8, 4) is 0 Å². The van der Waals surface area contributed by atoms with Crippen molar-refractivity contribution in [2.24, 2.45) is 0 Å². The molecule has 1 aliphatic rings. The number of piperidine rings is 1. The molecule has 4 heteroatoms. The molecule has 0 aliphatic carbocycles. The van der Waals surface area contributed by atoms with Gasteiger partial charge in [-0.3, -0.25) is 0 Å². The van der Waals surface area contributed by atoms with Crippen LogP contribution in [0.1, 0.15) is 25.3 Å². The van der Waals surface area contributed by atoms with Crippen molar-refractivity contribution in [1.82, 2.24) is 5.32 Å². The molecule has 0 bridgehead atoms. The van der Waals surface area contributed by atoms with Gasteiger partial charge in [0.15, 0.2) is 0 Å². The summed E-state index contributed by atoms with van der Waals surface area (Å²) >= 11 is 0. The van der Waals surface area contributed by atoms with E-state index < -0.39 is 5.92 Å². The van der Waals surface area contributed by atoms with Crippen LogP contribution >= 0.6 is 0 Å². The van der Waals surface area contributed by atoms with Gasteiger partial charge >= 0.3 is 0 Å². The van der Waals surface area contributed by atoms with Crippen LogP contribution in [0.3, 0.4) is 0 Å². The van der Waals surface area contributed by atoms with Gasteiger partial charge in [-0.2, -0.15) is 0 Å². The lowest BCUT2D eigenvalue weighted by atomic mass is 10.1. The fourth-order valence-electron chi connectivity index (χ4n) is 2.07. The molecule has 2 rings (SSSR count). The summed E-state index contributed by atoms with van der Waals surface area (Å²) in [6.07, 6.45) is 2.28. The second-order valence-electron chi connectivity index (χ2n) is 4.65. The van der Waals surface area contributed by atoms with Crippen LogP contribution in [0.5, 0.6) is 0 Å². The Morgan fingerprint density at radius 1 is 1.29 bits per heavy atom. The topological polar surface area (TPSA) is 24.1 Å². The first kappa shape index (κ1) is 12.3. The van der Waals surface area contributed by atoms with Crippen molar-refractivity contribution < 1.29 is 8.78 Å². The first-order valence-corrected chi connectivity index (χ1v) is 6.01. The molecule has 1 saturated heterocycles. The predicted octanol–water partition coefficient (Wildman–Crippen LogP) is 2.96. The molecule has 1 aromatic carbocycles. The zero-order valence-corrected chi connectivity index (χ0v) is 9.97. The molecule has 2 nitrogen and oxygen atoms in total. The van der Waals surface area contributed by atoms with Crippen molar-refractivity contribution in [2.75, 3.05) is 18.4 Å². The van der Waals surface area contributed by atoms with E-state index >= 15 is 0 Å². The van der Waals surface area contributed by atoms with Crippen molar-refractivity contribution in [2.45, 2.75) is 31.7 Å². The van der Waals surface area contributed by atoms with Gasteiger partial charge < -0.3 is 10.6 Å². The summed E-state index contributed by atoms with van der Waals surface area (Å²) in [6.45, 7) is 2.92. The summed E-state index contributed by atoms with van der Waals surface area (Å²) in [6, 6.07) is 6.82. The Bertz CT molecular complexity index is 351. The van der Waals surface area contributed by atoms with Crippen LogP contribution in [-0.2, 0) is 5.92 Å². The number of hydrogen-bond donors (Lipinski definition) is 2. The highest BCUT2D eigenvalue weighted by atomic mass is 19.3. The average molecular weight is 240 g/mol. The van der Waals surface area contributed by atoms with E-state index in [-0.39, 0.29) is 5.56 Å². The third-order valence-corrected chi connectivity index (χ3v) is 3.06. The molecule has 1 fully saturated rings. The zero-order chi connectivity index (χ0) is 12.3. The molecule has 2 N–H and O–H groups in total. The van der Waals surface area contributed by atoms with E-state index in [1.54, 1.807) is 12.1 Å². The van der Waals surface area contributed by atoms with Gasteiger partial charge in [0.05, 0.1) is 0 Å². The molecule has 1 aromatic rings. The number of rotatable bonds is 3. The predicted molar refractivity (Wildman–Crippen MR) is 65.5 cm³/mol. The standard InChI is InChI=1S/C13H18F2N2/c1-13(14,15)10-4-6-11(7-5-10)17-12-3-2-8-16-9-12/h4-7,12,16-17H,2-3,8-9H2,1H3. The van der Waals surface area contributed by atoms with Crippen LogP contribution in [0, 0.1) is 0 Å².